The minimum atomic E-state index is -0.511. The zero-order chi connectivity index (χ0) is 20.7. The molecule has 2 rings (SSSR count). The van der Waals surface area contributed by atoms with E-state index in [-0.39, 0.29) is 11.6 Å². The summed E-state index contributed by atoms with van der Waals surface area (Å²) < 4.78 is 9.68. The Morgan fingerprint density at radius 3 is 2.07 bits per heavy atom. The molecule has 0 bridgehead atoms. The minimum absolute atomic E-state index is 0.229. The molecule has 0 radical (unpaired) electrons. The van der Waals surface area contributed by atoms with Gasteiger partial charge in [-0.05, 0) is 36.4 Å². The molecule has 0 heterocycles. The number of benzene rings is 2. The maximum atomic E-state index is 12.4. The molecule has 0 unspecified atom stereocenters. The molecule has 0 aromatic heterocycles. The lowest BCUT2D eigenvalue weighted by molar-refractivity contribution is -0.142. The summed E-state index contributed by atoms with van der Waals surface area (Å²) in [4.78, 5) is 36.0. The van der Waals surface area contributed by atoms with Crippen molar-refractivity contribution in [2.75, 3.05) is 20.8 Å². The van der Waals surface area contributed by atoms with Crippen molar-refractivity contribution in [2.24, 2.45) is 5.73 Å². The Morgan fingerprint density at radius 2 is 1.54 bits per heavy atom. The summed E-state index contributed by atoms with van der Waals surface area (Å²) in [6.07, 6.45) is 0. The lowest BCUT2D eigenvalue weighted by Gasteiger charge is -2.18. The van der Waals surface area contributed by atoms with Gasteiger partial charge in [0.05, 0.1) is 7.11 Å². The van der Waals surface area contributed by atoms with Crippen LogP contribution in [0.15, 0.2) is 48.5 Å². The van der Waals surface area contributed by atoms with E-state index in [4.69, 9.17) is 22.7 Å². The largest absolute Gasteiger partial charge is 0.482 e. The lowest BCUT2D eigenvalue weighted by Crippen LogP contribution is -2.43. The van der Waals surface area contributed by atoms with Crippen LogP contribution < -0.4 is 15.9 Å². The van der Waals surface area contributed by atoms with Crippen molar-refractivity contribution in [1.29, 1.82) is 0 Å². The fraction of sp³-hybridized carbons (Fsp3) is 0.158. The molecule has 146 valence electrons. The molecule has 8 nitrogen and oxygen atoms in total. The minimum Gasteiger partial charge on any atom is -0.482 e. The first-order valence-corrected chi connectivity index (χ1v) is 8.51. The van der Waals surface area contributed by atoms with Gasteiger partial charge in [-0.1, -0.05) is 24.4 Å². The van der Waals surface area contributed by atoms with Gasteiger partial charge in [-0.15, -0.1) is 0 Å². The van der Waals surface area contributed by atoms with E-state index in [1.807, 2.05) is 0 Å². The van der Waals surface area contributed by atoms with E-state index in [1.54, 1.807) is 24.3 Å². The van der Waals surface area contributed by atoms with Crippen LogP contribution in [0.1, 0.15) is 26.3 Å². The first-order chi connectivity index (χ1) is 13.3. The fourth-order valence-corrected chi connectivity index (χ4v) is 2.28. The van der Waals surface area contributed by atoms with Crippen molar-refractivity contribution in [1.82, 2.24) is 10.4 Å². The average molecular weight is 401 g/mol. The number of carbonyl (C=O) groups is 3. The van der Waals surface area contributed by atoms with E-state index < -0.39 is 17.8 Å². The number of ether oxygens (including phenoxy) is 2. The number of hydrogen-bond acceptors (Lipinski definition) is 6. The van der Waals surface area contributed by atoms with E-state index in [9.17, 15) is 14.4 Å². The number of methoxy groups -OCH3 is 1. The number of rotatable bonds is 6. The topological polar surface area (TPSA) is 111 Å². The van der Waals surface area contributed by atoms with Gasteiger partial charge in [0.15, 0.2) is 6.61 Å². The highest BCUT2D eigenvalue weighted by Crippen LogP contribution is 2.13. The monoisotopic (exact) mass is 401 g/mol. The van der Waals surface area contributed by atoms with Crippen LogP contribution in [-0.2, 0) is 9.53 Å². The number of thiocarbonyl (C=S) groups is 1. The Morgan fingerprint density at radius 1 is 1.00 bits per heavy atom. The van der Waals surface area contributed by atoms with E-state index in [1.165, 1.54) is 38.4 Å². The van der Waals surface area contributed by atoms with E-state index in [0.717, 1.165) is 5.01 Å². The van der Waals surface area contributed by atoms with Crippen molar-refractivity contribution in [3.63, 3.8) is 0 Å². The quantitative estimate of drug-likeness (QED) is 0.426. The first kappa shape index (κ1) is 20.8. The van der Waals surface area contributed by atoms with Crippen molar-refractivity contribution in [2.45, 2.75) is 0 Å². The van der Waals surface area contributed by atoms with E-state index >= 15 is 0 Å². The van der Waals surface area contributed by atoms with Crippen molar-refractivity contribution in [3.8, 4) is 5.75 Å². The number of esters is 1. The molecular weight excluding hydrogens is 382 g/mol. The van der Waals surface area contributed by atoms with E-state index in [0.29, 0.717) is 22.4 Å². The van der Waals surface area contributed by atoms with Gasteiger partial charge in [-0.3, -0.25) is 20.0 Å². The first-order valence-electron chi connectivity index (χ1n) is 8.10. The third-order valence-corrected chi connectivity index (χ3v) is 3.93. The SMILES string of the molecule is COC(=O)COc1ccc(C(=O)NN(C)C(=O)c2ccc(C(N)=S)cc2)cc1. The van der Waals surface area contributed by atoms with Crippen LogP contribution in [0.25, 0.3) is 0 Å². The fourth-order valence-electron chi connectivity index (χ4n) is 2.14. The second-order valence-electron chi connectivity index (χ2n) is 5.64. The number of hydrogen-bond donors (Lipinski definition) is 2. The summed E-state index contributed by atoms with van der Waals surface area (Å²) in [5, 5.41) is 1.08. The maximum Gasteiger partial charge on any atom is 0.343 e. The standard InChI is InChI=1S/C19H19N3O5S/c1-22(19(25)14-5-3-12(4-6-14)17(20)28)21-18(24)13-7-9-15(10-8-13)27-11-16(23)26-2/h3-10H,11H2,1-2H3,(H2,20,28)(H,21,24). The normalized spacial score (nSPS) is 9.93. The second kappa shape index (κ2) is 9.47. The molecule has 2 aromatic rings. The summed E-state index contributed by atoms with van der Waals surface area (Å²) >= 11 is 4.87. The van der Waals surface area contributed by atoms with Gasteiger partial charge >= 0.3 is 5.97 Å². The number of nitrogens with two attached hydrogens (primary N) is 1. The van der Waals surface area contributed by atoms with Crippen LogP contribution >= 0.6 is 12.2 Å². The Bertz CT molecular complexity index is 881. The van der Waals surface area contributed by atoms with Crippen molar-refractivity contribution in [3.05, 3.63) is 65.2 Å². The van der Waals surface area contributed by atoms with Gasteiger partial charge in [0.25, 0.3) is 11.8 Å². The van der Waals surface area contributed by atoms with Crippen molar-refractivity contribution < 1.29 is 23.9 Å². The Labute approximate surface area is 167 Å². The predicted molar refractivity (Wildman–Crippen MR) is 106 cm³/mol. The van der Waals surface area contributed by atoms with Gasteiger partial charge in [0.1, 0.15) is 10.7 Å². The zero-order valence-corrected chi connectivity index (χ0v) is 16.1. The molecular formula is C19H19N3O5S. The number of nitrogens with one attached hydrogen (secondary N) is 1. The highest BCUT2D eigenvalue weighted by molar-refractivity contribution is 7.80. The molecule has 0 aliphatic rings. The molecule has 0 saturated carbocycles. The molecule has 3 N–H and O–H groups in total. The van der Waals surface area contributed by atoms with Gasteiger partial charge < -0.3 is 15.2 Å². The molecule has 0 saturated heterocycles. The van der Waals surface area contributed by atoms with Crippen LogP contribution in [0.2, 0.25) is 0 Å². The summed E-state index contributed by atoms with van der Waals surface area (Å²) in [5.41, 5.74) is 9.35. The van der Waals surface area contributed by atoms with Gasteiger partial charge in [0.2, 0.25) is 0 Å². The number of hydrazine groups is 1. The number of nitrogens with zero attached hydrogens (tertiary/aromatic N) is 1. The van der Waals surface area contributed by atoms with Crippen LogP contribution in [0, 0.1) is 0 Å². The second-order valence-corrected chi connectivity index (χ2v) is 6.08. The van der Waals surface area contributed by atoms with Gasteiger partial charge in [-0.25, -0.2) is 4.79 Å². The third kappa shape index (κ3) is 5.52. The van der Waals surface area contributed by atoms with Crippen LogP contribution in [0.5, 0.6) is 5.75 Å². The smallest absolute Gasteiger partial charge is 0.343 e. The molecule has 0 aliphatic heterocycles. The predicted octanol–water partition coefficient (Wildman–Crippen LogP) is 1.29. The lowest BCUT2D eigenvalue weighted by atomic mass is 10.1. The van der Waals surface area contributed by atoms with Crippen molar-refractivity contribution >= 4 is 35.0 Å². The molecule has 0 fully saturated rings. The molecule has 0 spiro atoms. The molecule has 28 heavy (non-hydrogen) atoms. The van der Waals surface area contributed by atoms with Gasteiger partial charge in [-0.2, -0.15) is 0 Å². The highest BCUT2D eigenvalue weighted by atomic mass is 32.1. The van der Waals surface area contributed by atoms with Gasteiger partial charge in [0, 0.05) is 23.7 Å². The molecule has 0 atom stereocenters. The Balaban J connectivity index is 1.96. The summed E-state index contributed by atoms with van der Waals surface area (Å²) in [6, 6.07) is 12.5. The van der Waals surface area contributed by atoms with Crippen LogP contribution in [0.4, 0.5) is 0 Å². The average Bonchev–Trinajstić information content (AvgIpc) is 2.71. The number of carbonyl (C=O) groups excluding carboxylic acids is 3. The molecule has 9 heteroatoms. The molecule has 0 aliphatic carbocycles. The Kier molecular flexibility index (Phi) is 7.05. The summed E-state index contributed by atoms with van der Waals surface area (Å²) in [5.74, 6) is -0.983. The number of amides is 2. The Hall–Kier alpha value is -3.46. The van der Waals surface area contributed by atoms with Crippen LogP contribution in [-0.4, -0.2) is 48.5 Å². The summed E-state index contributed by atoms with van der Waals surface area (Å²) in [6.45, 7) is -0.229. The van der Waals surface area contributed by atoms with Crippen LogP contribution in [0.3, 0.4) is 0 Å². The zero-order valence-electron chi connectivity index (χ0n) is 15.3. The maximum absolute atomic E-state index is 12.4. The molecule has 2 amide bonds. The third-order valence-electron chi connectivity index (χ3n) is 3.69. The van der Waals surface area contributed by atoms with E-state index in [2.05, 4.69) is 10.2 Å². The highest BCUT2D eigenvalue weighted by Gasteiger charge is 2.15. The molecule has 2 aromatic carbocycles. The summed E-state index contributed by atoms with van der Waals surface area (Å²) in [7, 11) is 2.70.